The Morgan fingerprint density at radius 1 is 1.25 bits per heavy atom. The lowest BCUT2D eigenvalue weighted by atomic mass is 10.0. The summed E-state index contributed by atoms with van der Waals surface area (Å²) < 4.78 is 0. The second kappa shape index (κ2) is 6.76. The van der Waals surface area contributed by atoms with Gasteiger partial charge in [0.1, 0.15) is 6.04 Å². The van der Waals surface area contributed by atoms with E-state index in [0.717, 1.165) is 18.4 Å². The van der Waals surface area contributed by atoms with Crippen molar-refractivity contribution < 1.29 is 9.59 Å². The molecule has 1 aliphatic rings. The number of piperazine rings is 1. The summed E-state index contributed by atoms with van der Waals surface area (Å²) >= 11 is 0. The summed E-state index contributed by atoms with van der Waals surface area (Å²) in [5.74, 6) is 2.42. The molecule has 0 bridgehead atoms. The van der Waals surface area contributed by atoms with Crippen LogP contribution in [0.4, 0.5) is 0 Å². The molecule has 1 N–H and O–H groups in total. The lowest BCUT2D eigenvalue weighted by Gasteiger charge is -2.32. The van der Waals surface area contributed by atoms with E-state index in [9.17, 15) is 9.59 Å². The molecule has 1 heterocycles. The fourth-order valence-electron chi connectivity index (χ4n) is 2.29. The number of amides is 2. The highest BCUT2D eigenvalue weighted by atomic mass is 16.2. The van der Waals surface area contributed by atoms with Gasteiger partial charge in [-0.2, -0.15) is 0 Å². The molecule has 2 amide bonds. The molecule has 1 aromatic carbocycles. The number of carbonyl (C=O) groups excluding carboxylic acids is 2. The van der Waals surface area contributed by atoms with Crippen LogP contribution in [0.3, 0.4) is 0 Å². The lowest BCUT2D eigenvalue weighted by molar-refractivity contribution is -0.144. The van der Waals surface area contributed by atoms with Gasteiger partial charge >= 0.3 is 0 Å². The summed E-state index contributed by atoms with van der Waals surface area (Å²) in [4.78, 5) is 25.8. The van der Waals surface area contributed by atoms with E-state index in [-0.39, 0.29) is 18.4 Å². The average Bonchev–Trinajstić information content (AvgIpc) is 2.47. The van der Waals surface area contributed by atoms with Crippen molar-refractivity contribution in [3.63, 3.8) is 0 Å². The smallest absolute Gasteiger partial charge is 0.250 e. The highest BCUT2D eigenvalue weighted by Crippen LogP contribution is 2.19. The number of nitrogens with zero attached hydrogens (tertiary/aromatic N) is 1. The Kier molecular flexibility index (Phi) is 4.78. The first-order valence-electron chi connectivity index (χ1n) is 6.79. The van der Waals surface area contributed by atoms with E-state index in [1.807, 2.05) is 30.3 Å². The molecule has 0 spiro atoms. The van der Waals surface area contributed by atoms with Crippen molar-refractivity contribution in [2.45, 2.75) is 25.3 Å². The van der Waals surface area contributed by atoms with E-state index < -0.39 is 6.04 Å². The third kappa shape index (κ3) is 3.39. The van der Waals surface area contributed by atoms with Crippen LogP contribution in [-0.2, 0) is 9.59 Å². The zero-order valence-corrected chi connectivity index (χ0v) is 11.3. The van der Waals surface area contributed by atoms with Crippen LogP contribution in [0.1, 0.15) is 30.9 Å². The molecule has 1 fully saturated rings. The summed E-state index contributed by atoms with van der Waals surface area (Å²) in [5, 5.41) is 2.75. The number of carbonyl (C=O) groups is 2. The third-order valence-electron chi connectivity index (χ3n) is 3.33. The van der Waals surface area contributed by atoms with Gasteiger partial charge in [-0.15, -0.1) is 12.3 Å². The molecule has 0 aliphatic carbocycles. The first-order chi connectivity index (χ1) is 9.72. The van der Waals surface area contributed by atoms with Crippen molar-refractivity contribution in [2.24, 2.45) is 0 Å². The molecule has 0 saturated carbocycles. The van der Waals surface area contributed by atoms with Crippen LogP contribution < -0.4 is 5.32 Å². The summed E-state index contributed by atoms with van der Waals surface area (Å²) in [6.45, 7) is 0.718. The molecular weight excluding hydrogens is 252 g/mol. The van der Waals surface area contributed by atoms with Gasteiger partial charge in [-0.1, -0.05) is 30.3 Å². The molecule has 0 aromatic heterocycles. The second-order valence-electron chi connectivity index (χ2n) is 4.83. The minimum atomic E-state index is -0.565. The monoisotopic (exact) mass is 270 g/mol. The molecule has 1 unspecified atom stereocenters. The first-order valence-corrected chi connectivity index (χ1v) is 6.79. The summed E-state index contributed by atoms with van der Waals surface area (Å²) in [5.41, 5.74) is 0.819. The van der Waals surface area contributed by atoms with Gasteiger partial charge in [-0.25, -0.2) is 0 Å². The molecule has 1 aliphatic heterocycles. The van der Waals surface area contributed by atoms with Crippen LogP contribution in [0, 0.1) is 12.3 Å². The standard InChI is InChI=1S/C16H18N2O2/c1-2-3-4-8-11-18-12-14(19)17-15(16(18)20)13-9-6-5-7-10-13/h1,5-7,9-10,15H,3-4,8,11-12H2,(H,17,19). The molecule has 1 atom stereocenters. The fraction of sp³-hybridized carbons (Fsp3) is 0.375. The van der Waals surface area contributed by atoms with Crippen molar-refractivity contribution in [2.75, 3.05) is 13.1 Å². The summed E-state index contributed by atoms with van der Waals surface area (Å²) in [6.07, 6.45) is 7.60. The summed E-state index contributed by atoms with van der Waals surface area (Å²) in [7, 11) is 0. The Hall–Kier alpha value is -2.28. The van der Waals surface area contributed by atoms with Gasteiger partial charge in [0.15, 0.2) is 0 Å². The number of nitrogens with one attached hydrogen (secondary N) is 1. The SMILES string of the molecule is C#CCCCCN1CC(=O)NC(c2ccccc2)C1=O. The third-order valence-corrected chi connectivity index (χ3v) is 3.33. The van der Waals surface area contributed by atoms with Crippen LogP contribution >= 0.6 is 0 Å². The number of unbranched alkanes of at least 4 members (excludes halogenated alkanes) is 2. The van der Waals surface area contributed by atoms with Gasteiger partial charge in [-0.3, -0.25) is 9.59 Å². The predicted molar refractivity (Wildman–Crippen MR) is 76.6 cm³/mol. The Balaban J connectivity index is 2.02. The van der Waals surface area contributed by atoms with Crippen LogP contribution in [0.25, 0.3) is 0 Å². The maximum absolute atomic E-state index is 12.4. The highest BCUT2D eigenvalue weighted by molar-refractivity contribution is 5.95. The highest BCUT2D eigenvalue weighted by Gasteiger charge is 2.33. The van der Waals surface area contributed by atoms with E-state index in [2.05, 4.69) is 11.2 Å². The van der Waals surface area contributed by atoms with Gasteiger partial charge in [0.05, 0.1) is 6.54 Å². The Morgan fingerprint density at radius 2 is 2.00 bits per heavy atom. The van der Waals surface area contributed by atoms with Crippen molar-refractivity contribution in [1.82, 2.24) is 10.2 Å². The van der Waals surface area contributed by atoms with Crippen LogP contribution in [0.2, 0.25) is 0 Å². The second-order valence-corrected chi connectivity index (χ2v) is 4.83. The van der Waals surface area contributed by atoms with E-state index in [1.165, 1.54) is 0 Å². The predicted octanol–water partition coefficient (Wildman–Crippen LogP) is 1.49. The van der Waals surface area contributed by atoms with Crippen molar-refractivity contribution in [3.8, 4) is 12.3 Å². The van der Waals surface area contributed by atoms with Gasteiger partial charge in [-0.05, 0) is 18.4 Å². The minimum absolute atomic E-state index is 0.0449. The first kappa shape index (κ1) is 14.1. The van der Waals surface area contributed by atoms with Crippen molar-refractivity contribution >= 4 is 11.8 Å². The van der Waals surface area contributed by atoms with Crippen LogP contribution in [0.15, 0.2) is 30.3 Å². The van der Waals surface area contributed by atoms with E-state index >= 15 is 0 Å². The van der Waals surface area contributed by atoms with Gasteiger partial charge in [0.2, 0.25) is 11.8 Å². The molecule has 1 aromatic rings. The fourth-order valence-corrected chi connectivity index (χ4v) is 2.29. The number of rotatable bonds is 5. The molecule has 0 radical (unpaired) electrons. The van der Waals surface area contributed by atoms with Crippen molar-refractivity contribution in [3.05, 3.63) is 35.9 Å². The zero-order valence-electron chi connectivity index (χ0n) is 11.3. The van der Waals surface area contributed by atoms with Gasteiger partial charge < -0.3 is 10.2 Å². The topological polar surface area (TPSA) is 49.4 Å². The maximum atomic E-state index is 12.4. The van der Waals surface area contributed by atoms with Crippen LogP contribution in [0.5, 0.6) is 0 Å². The van der Waals surface area contributed by atoms with E-state index in [0.29, 0.717) is 13.0 Å². The molecule has 20 heavy (non-hydrogen) atoms. The Bertz CT molecular complexity index is 519. The zero-order chi connectivity index (χ0) is 14.4. The molecule has 2 rings (SSSR count). The van der Waals surface area contributed by atoms with E-state index in [4.69, 9.17) is 6.42 Å². The lowest BCUT2D eigenvalue weighted by Crippen LogP contribution is -2.53. The molecular formula is C16H18N2O2. The number of hydrogen-bond acceptors (Lipinski definition) is 2. The normalized spacial score (nSPS) is 18.6. The molecule has 4 nitrogen and oxygen atoms in total. The number of benzene rings is 1. The largest absolute Gasteiger partial charge is 0.339 e. The van der Waals surface area contributed by atoms with Crippen LogP contribution in [-0.4, -0.2) is 29.8 Å². The summed E-state index contributed by atoms with van der Waals surface area (Å²) in [6, 6.07) is 8.75. The number of terminal acetylenes is 1. The van der Waals surface area contributed by atoms with Gasteiger partial charge in [0, 0.05) is 13.0 Å². The van der Waals surface area contributed by atoms with Crippen molar-refractivity contribution in [1.29, 1.82) is 0 Å². The Morgan fingerprint density at radius 3 is 2.70 bits per heavy atom. The quantitative estimate of drug-likeness (QED) is 0.651. The number of hydrogen-bond donors (Lipinski definition) is 1. The maximum Gasteiger partial charge on any atom is 0.250 e. The van der Waals surface area contributed by atoms with Gasteiger partial charge in [0.25, 0.3) is 0 Å². The minimum Gasteiger partial charge on any atom is -0.339 e. The van der Waals surface area contributed by atoms with E-state index in [1.54, 1.807) is 4.90 Å². The molecule has 4 heteroatoms. The molecule has 1 saturated heterocycles. The average molecular weight is 270 g/mol. The Labute approximate surface area is 119 Å². The molecule has 104 valence electrons.